The molecule has 5 heteroatoms. The number of nitrogens with two attached hydrogens (primary N) is 1. The molecule has 1 atom stereocenters. The van der Waals surface area contributed by atoms with Crippen molar-refractivity contribution in [1.82, 2.24) is 9.80 Å². The van der Waals surface area contributed by atoms with E-state index in [0.717, 1.165) is 44.7 Å². The molecule has 5 nitrogen and oxygen atoms in total. The fraction of sp³-hybridized carbons (Fsp3) is 0.562. The Morgan fingerprint density at radius 3 is 2.81 bits per heavy atom. The highest BCUT2D eigenvalue weighted by molar-refractivity contribution is 5.67. The molecule has 0 radical (unpaired) electrons. The largest absolute Gasteiger partial charge is 0.450 e. The lowest BCUT2D eigenvalue weighted by Gasteiger charge is -2.37. The van der Waals surface area contributed by atoms with Gasteiger partial charge in [0.05, 0.1) is 6.61 Å². The van der Waals surface area contributed by atoms with E-state index in [1.165, 1.54) is 11.1 Å². The van der Waals surface area contributed by atoms with Crippen LogP contribution in [0.1, 0.15) is 30.5 Å². The lowest BCUT2D eigenvalue weighted by molar-refractivity contribution is 0.0660. The predicted molar refractivity (Wildman–Crippen MR) is 82.1 cm³/mol. The van der Waals surface area contributed by atoms with Gasteiger partial charge in [-0.25, -0.2) is 4.79 Å². The number of fused-ring (bicyclic) bond motifs is 1. The third kappa shape index (κ3) is 2.83. The second-order valence-electron chi connectivity index (χ2n) is 5.73. The SMILES string of the molecule is CCOC(=O)N1CCN(C2CCc3cc(N)ccc32)CC1. The van der Waals surface area contributed by atoms with E-state index in [1.807, 2.05) is 13.0 Å². The summed E-state index contributed by atoms with van der Waals surface area (Å²) in [5.41, 5.74) is 9.50. The molecule has 114 valence electrons. The van der Waals surface area contributed by atoms with Gasteiger partial charge in [0, 0.05) is 37.9 Å². The number of anilines is 1. The number of rotatable bonds is 2. The second kappa shape index (κ2) is 5.93. The number of nitrogen functional groups attached to an aromatic ring is 1. The van der Waals surface area contributed by atoms with Crippen LogP contribution in [0.5, 0.6) is 0 Å². The summed E-state index contributed by atoms with van der Waals surface area (Å²) in [6.07, 6.45) is 2.07. The monoisotopic (exact) mass is 289 g/mol. The minimum atomic E-state index is -0.184. The molecule has 1 aliphatic heterocycles. The van der Waals surface area contributed by atoms with Crippen molar-refractivity contribution in [2.24, 2.45) is 0 Å². The fourth-order valence-corrected chi connectivity index (χ4v) is 3.43. The molecule has 1 heterocycles. The van der Waals surface area contributed by atoms with E-state index in [9.17, 15) is 4.79 Å². The predicted octanol–water partition coefficient (Wildman–Crippen LogP) is 2.03. The van der Waals surface area contributed by atoms with Crippen LogP contribution in [0, 0.1) is 0 Å². The fourth-order valence-electron chi connectivity index (χ4n) is 3.43. The van der Waals surface area contributed by atoms with Gasteiger partial charge in [-0.15, -0.1) is 0 Å². The Morgan fingerprint density at radius 2 is 2.10 bits per heavy atom. The Kier molecular flexibility index (Phi) is 4.01. The summed E-state index contributed by atoms with van der Waals surface area (Å²) in [5.74, 6) is 0. The highest BCUT2D eigenvalue weighted by Gasteiger charge is 2.31. The molecule has 3 rings (SSSR count). The van der Waals surface area contributed by atoms with Crippen molar-refractivity contribution < 1.29 is 9.53 Å². The standard InChI is InChI=1S/C16H23N3O2/c1-2-21-16(20)19-9-7-18(8-10-19)15-6-3-12-11-13(17)4-5-14(12)15/h4-5,11,15H,2-3,6-10,17H2,1H3. The van der Waals surface area contributed by atoms with Crippen LogP contribution in [-0.4, -0.2) is 48.7 Å². The van der Waals surface area contributed by atoms with Crippen LogP contribution < -0.4 is 5.73 Å². The Balaban J connectivity index is 1.63. The van der Waals surface area contributed by atoms with Crippen LogP contribution in [0.15, 0.2) is 18.2 Å². The van der Waals surface area contributed by atoms with Gasteiger partial charge in [-0.2, -0.15) is 0 Å². The van der Waals surface area contributed by atoms with Gasteiger partial charge in [-0.3, -0.25) is 4.90 Å². The molecule has 1 unspecified atom stereocenters. The van der Waals surface area contributed by atoms with Crippen molar-refractivity contribution in [2.75, 3.05) is 38.5 Å². The molecule has 0 aromatic heterocycles. The summed E-state index contributed by atoms with van der Waals surface area (Å²) in [6, 6.07) is 6.74. The summed E-state index contributed by atoms with van der Waals surface area (Å²) < 4.78 is 5.07. The number of hydrogen-bond acceptors (Lipinski definition) is 4. The number of ether oxygens (including phenoxy) is 1. The van der Waals surface area contributed by atoms with Gasteiger partial charge in [-0.1, -0.05) is 6.07 Å². The smallest absolute Gasteiger partial charge is 0.409 e. The van der Waals surface area contributed by atoms with E-state index in [4.69, 9.17) is 10.5 Å². The zero-order valence-corrected chi connectivity index (χ0v) is 12.5. The van der Waals surface area contributed by atoms with Crippen LogP contribution in [0.3, 0.4) is 0 Å². The Labute approximate surface area is 125 Å². The highest BCUT2D eigenvalue weighted by Crippen LogP contribution is 2.37. The van der Waals surface area contributed by atoms with Crippen LogP contribution in [0.25, 0.3) is 0 Å². The van der Waals surface area contributed by atoms with Crippen LogP contribution >= 0.6 is 0 Å². The molecule has 2 N–H and O–H groups in total. The van der Waals surface area contributed by atoms with Gasteiger partial charge in [0.15, 0.2) is 0 Å². The van der Waals surface area contributed by atoms with E-state index in [2.05, 4.69) is 17.0 Å². The Bertz CT molecular complexity index is 524. The minimum absolute atomic E-state index is 0.184. The number of nitrogens with zero attached hydrogens (tertiary/aromatic N) is 2. The summed E-state index contributed by atoms with van der Waals surface area (Å²) in [7, 11) is 0. The normalized spacial score (nSPS) is 22.1. The average Bonchev–Trinajstić information content (AvgIpc) is 2.90. The van der Waals surface area contributed by atoms with Gasteiger partial charge in [0.1, 0.15) is 0 Å². The van der Waals surface area contributed by atoms with Crippen LogP contribution in [-0.2, 0) is 11.2 Å². The molecule has 2 aliphatic rings. The van der Waals surface area contributed by atoms with Gasteiger partial charge < -0.3 is 15.4 Å². The summed E-state index contributed by atoms with van der Waals surface area (Å²) in [5, 5.41) is 0. The molecular formula is C16H23N3O2. The van der Waals surface area contributed by atoms with Gasteiger partial charge in [0.25, 0.3) is 0 Å². The minimum Gasteiger partial charge on any atom is -0.450 e. The number of piperazine rings is 1. The average molecular weight is 289 g/mol. The van der Waals surface area contributed by atoms with E-state index in [1.54, 1.807) is 4.90 Å². The van der Waals surface area contributed by atoms with E-state index >= 15 is 0 Å². The van der Waals surface area contributed by atoms with E-state index < -0.39 is 0 Å². The Morgan fingerprint density at radius 1 is 1.33 bits per heavy atom. The second-order valence-corrected chi connectivity index (χ2v) is 5.73. The highest BCUT2D eigenvalue weighted by atomic mass is 16.6. The zero-order valence-electron chi connectivity index (χ0n) is 12.5. The first-order chi connectivity index (χ1) is 10.2. The summed E-state index contributed by atoms with van der Waals surface area (Å²) in [4.78, 5) is 16.0. The quantitative estimate of drug-likeness (QED) is 0.846. The molecule has 1 amide bonds. The third-order valence-corrected chi connectivity index (χ3v) is 4.49. The summed E-state index contributed by atoms with van der Waals surface area (Å²) in [6.45, 7) is 5.60. The zero-order chi connectivity index (χ0) is 14.8. The molecule has 1 aromatic carbocycles. The molecule has 0 saturated carbocycles. The molecule has 1 saturated heterocycles. The van der Waals surface area contributed by atoms with Gasteiger partial charge >= 0.3 is 6.09 Å². The first-order valence-corrected chi connectivity index (χ1v) is 7.73. The topological polar surface area (TPSA) is 58.8 Å². The number of benzene rings is 1. The van der Waals surface area contributed by atoms with E-state index in [-0.39, 0.29) is 6.09 Å². The first-order valence-electron chi connectivity index (χ1n) is 7.73. The number of amides is 1. The molecule has 1 aliphatic carbocycles. The van der Waals surface area contributed by atoms with Crippen molar-refractivity contribution in [1.29, 1.82) is 0 Å². The maximum absolute atomic E-state index is 11.7. The molecule has 21 heavy (non-hydrogen) atoms. The van der Waals surface area contributed by atoms with Crippen molar-refractivity contribution in [3.05, 3.63) is 29.3 Å². The molecule has 1 aromatic rings. The number of hydrogen-bond donors (Lipinski definition) is 1. The Hall–Kier alpha value is -1.75. The molecule has 0 spiro atoms. The van der Waals surface area contributed by atoms with Crippen molar-refractivity contribution >= 4 is 11.8 Å². The first kappa shape index (κ1) is 14.2. The molecular weight excluding hydrogens is 266 g/mol. The maximum atomic E-state index is 11.7. The summed E-state index contributed by atoms with van der Waals surface area (Å²) >= 11 is 0. The van der Waals surface area contributed by atoms with Crippen molar-refractivity contribution in [3.8, 4) is 0 Å². The van der Waals surface area contributed by atoms with Crippen molar-refractivity contribution in [3.63, 3.8) is 0 Å². The lowest BCUT2D eigenvalue weighted by atomic mass is 10.1. The van der Waals surface area contributed by atoms with E-state index in [0.29, 0.717) is 12.6 Å². The number of aryl methyl sites for hydroxylation is 1. The van der Waals surface area contributed by atoms with Gasteiger partial charge in [-0.05, 0) is 43.0 Å². The molecule has 0 bridgehead atoms. The third-order valence-electron chi connectivity index (χ3n) is 4.49. The van der Waals surface area contributed by atoms with Crippen LogP contribution in [0.2, 0.25) is 0 Å². The van der Waals surface area contributed by atoms with Gasteiger partial charge in [0.2, 0.25) is 0 Å². The molecule has 1 fully saturated rings. The lowest BCUT2D eigenvalue weighted by Crippen LogP contribution is -2.49. The number of carbonyl (C=O) groups excluding carboxylic acids is 1. The maximum Gasteiger partial charge on any atom is 0.409 e. The van der Waals surface area contributed by atoms with Crippen LogP contribution in [0.4, 0.5) is 10.5 Å². The number of carbonyl (C=O) groups is 1. The van der Waals surface area contributed by atoms with Crippen molar-refractivity contribution in [2.45, 2.75) is 25.8 Å².